The SMILES string of the molecule is c1ccc2c(c1)CCCCNO2. The predicted molar refractivity (Wildman–Crippen MR) is 48.0 cm³/mol. The highest BCUT2D eigenvalue weighted by atomic mass is 16.6. The molecule has 1 heterocycles. The van der Waals surface area contributed by atoms with Crippen molar-refractivity contribution in [1.82, 2.24) is 5.48 Å². The minimum Gasteiger partial charge on any atom is -0.408 e. The first-order valence-corrected chi connectivity index (χ1v) is 4.44. The molecule has 0 amide bonds. The van der Waals surface area contributed by atoms with Crippen LogP contribution in [0.4, 0.5) is 0 Å². The second-order valence-electron chi connectivity index (χ2n) is 3.06. The van der Waals surface area contributed by atoms with Crippen LogP contribution in [0.3, 0.4) is 0 Å². The molecule has 0 radical (unpaired) electrons. The number of hydrogen-bond donors (Lipinski definition) is 1. The van der Waals surface area contributed by atoms with Gasteiger partial charge in [0.15, 0.2) is 0 Å². The number of hydroxylamine groups is 1. The molecule has 1 aromatic rings. The van der Waals surface area contributed by atoms with Crippen molar-refractivity contribution in [2.24, 2.45) is 0 Å². The fourth-order valence-electron chi connectivity index (χ4n) is 1.45. The van der Waals surface area contributed by atoms with E-state index >= 15 is 0 Å². The molecule has 0 bridgehead atoms. The zero-order valence-electron chi connectivity index (χ0n) is 7.05. The average Bonchev–Trinajstić information content (AvgIpc) is 2.06. The molecule has 0 aromatic heterocycles. The highest BCUT2D eigenvalue weighted by Gasteiger charge is 2.05. The lowest BCUT2D eigenvalue weighted by Crippen LogP contribution is -2.22. The first-order chi connectivity index (χ1) is 5.97. The fraction of sp³-hybridized carbons (Fsp3) is 0.400. The third-order valence-electron chi connectivity index (χ3n) is 2.13. The molecule has 2 rings (SSSR count). The molecule has 0 atom stereocenters. The molecule has 0 unspecified atom stereocenters. The molecule has 64 valence electrons. The summed E-state index contributed by atoms with van der Waals surface area (Å²) in [7, 11) is 0. The number of aryl methyl sites for hydroxylation is 1. The highest BCUT2D eigenvalue weighted by Crippen LogP contribution is 2.20. The van der Waals surface area contributed by atoms with Gasteiger partial charge >= 0.3 is 0 Å². The van der Waals surface area contributed by atoms with Crippen molar-refractivity contribution in [1.29, 1.82) is 0 Å². The third-order valence-corrected chi connectivity index (χ3v) is 2.13. The van der Waals surface area contributed by atoms with Crippen LogP contribution in [0.5, 0.6) is 5.75 Å². The molecule has 0 saturated carbocycles. The summed E-state index contributed by atoms with van der Waals surface area (Å²) in [5.41, 5.74) is 4.25. The van der Waals surface area contributed by atoms with E-state index in [1.54, 1.807) is 0 Å². The van der Waals surface area contributed by atoms with Crippen molar-refractivity contribution in [3.8, 4) is 5.75 Å². The Kier molecular flexibility index (Phi) is 2.28. The Hall–Kier alpha value is -1.02. The molecule has 1 aliphatic rings. The van der Waals surface area contributed by atoms with Gasteiger partial charge in [0.2, 0.25) is 0 Å². The van der Waals surface area contributed by atoms with Crippen molar-refractivity contribution in [3.63, 3.8) is 0 Å². The van der Waals surface area contributed by atoms with Gasteiger partial charge in [-0.25, -0.2) is 0 Å². The second-order valence-corrected chi connectivity index (χ2v) is 3.06. The Morgan fingerprint density at radius 3 is 3.08 bits per heavy atom. The molecular formula is C10H13NO. The lowest BCUT2D eigenvalue weighted by molar-refractivity contribution is 0.186. The van der Waals surface area contributed by atoms with E-state index < -0.39 is 0 Å². The highest BCUT2D eigenvalue weighted by molar-refractivity contribution is 5.33. The minimum absolute atomic E-state index is 0.953. The van der Waals surface area contributed by atoms with Crippen molar-refractivity contribution in [2.75, 3.05) is 6.54 Å². The quantitative estimate of drug-likeness (QED) is 0.630. The van der Waals surface area contributed by atoms with Gasteiger partial charge in [-0.15, -0.1) is 0 Å². The second kappa shape index (κ2) is 3.59. The smallest absolute Gasteiger partial charge is 0.150 e. The number of nitrogens with one attached hydrogen (secondary N) is 1. The van der Waals surface area contributed by atoms with Gasteiger partial charge in [-0.3, -0.25) is 0 Å². The van der Waals surface area contributed by atoms with E-state index in [0.29, 0.717) is 0 Å². The summed E-state index contributed by atoms with van der Waals surface area (Å²) >= 11 is 0. The topological polar surface area (TPSA) is 21.3 Å². The van der Waals surface area contributed by atoms with E-state index in [1.165, 1.54) is 18.4 Å². The van der Waals surface area contributed by atoms with Crippen LogP contribution in [0.2, 0.25) is 0 Å². The van der Waals surface area contributed by atoms with Gasteiger partial charge < -0.3 is 4.84 Å². The standard InChI is InChI=1S/C10H13NO/c1-2-7-10-9(5-1)6-3-4-8-11-12-10/h1-2,5,7,11H,3-4,6,8H2. The van der Waals surface area contributed by atoms with Crippen LogP contribution in [0, 0.1) is 0 Å². The normalized spacial score (nSPS) is 17.0. The summed E-state index contributed by atoms with van der Waals surface area (Å²) in [5, 5.41) is 0. The van der Waals surface area contributed by atoms with E-state index in [-0.39, 0.29) is 0 Å². The van der Waals surface area contributed by atoms with E-state index in [2.05, 4.69) is 17.6 Å². The van der Waals surface area contributed by atoms with Gasteiger partial charge in [-0.2, -0.15) is 5.48 Å². The number of hydrogen-bond acceptors (Lipinski definition) is 2. The molecule has 1 aliphatic heterocycles. The number of rotatable bonds is 0. The summed E-state index contributed by atoms with van der Waals surface area (Å²) in [4.78, 5) is 5.38. The van der Waals surface area contributed by atoms with Crippen LogP contribution in [0.1, 0.15) is 18.4 Å². The molecule has 1 aromatic carbocycles. The molecule has 2 nitrogen and oxygen atoms in total. The van der Waals surface area contributed by atoms with Crippen molar-refractivity contribution < 1.29 is 4.84 Å². The average molecular weight is 163 g/mol. The van der Waals surface area contributed by atoms with E-state index in [1.807, 2.05) is 12.1 Å². The van der Waals surface area contributed by atoms with Crippen molar-refractivity contribution >= 4 is 0 Å². The van der Waals surface area contributed by atoms with E-state index in [0.717, 1.165) is 18.7 Å². The number of fused-ring (bicyclic) bond motifs is 1. The zero-order valence-corrected chi connectivity index (χ0v) is 7.05. The Balaban J connectivity index is 2.24. The maximum absolute atomic E-state index is 5.38. The summed E-state index contributed by atoms with van der Waals surface area (Å²) in [5.74, 6) is 0.984. The molecule has 2 heteroatoms. The van der Waals surface area contributed by atoms with Crippen molar-refractivity contribution in [2.45, 2.75) is 19.3 Å². The zero-order chi connectivity index (χ0) is 8.23. The van der Waals surface area contributed by atoms with Crippen LogP contribution in [0.15, 0.2) is 24.3 Å². The third kappa shape index (κ3) is 1.59. The Bertz CT molecular complexity index is 233. The largest absolute Gasteiger partial charge is 0.408 e. The molecule has 12 heavy (non-hydrogen) atoms. The number of para-hydroxylation sites is 1. The summed E-state index contributed by atoms with van der Waals surface area (Å²) < 4.78 is 0. The van der Waals surface area contributed by atoms with Gasteiger partial charge in [0, 0.05) is 6.54 Å². The molecule has 0 fully saturated rings. The Labute approximate surface area is 72.5 Å². The first kappa shape index (κ1) is 7.62. The van der Waals surface area contributed by atoms with Gasteiger partial charge in [0.25, 0.3) is 0 Å². The summed E-state index contributed by atoms with van der Waals surface area (Å²) in [6, 6.07) is 8.20. The fourth-order valence-corrected chi connectivity index (χ4v) is 1.45. The Morgan fingerprint density at radius 1 is 1.17 bits per heavy atom. The van der Waals surface area contributed by atoms with Crippen LogP contribution in [-0.2, 0) is 6.42 Å². The molecule has 0 aliphatic carbocycles. The summed E-state index contributed by atoms with van der Waals surface area (Å²) in [6.45, 7) is 0.953. The first-order valence-electron chi connectivity index (χ1n) is 4.44. The molecule has 1 N–H and O–H groups in total. The van der Waals surface area contributed by atoms with Crippen LogP contribution < -0.4 is 10.3 Å². The molecular weight excluding hydrogens is 150 g/mol. The van der Waals surface area contributed by atoms with Crippen molar-refractivity contribution in [3.05, 3.63) is 29.8 Å². The van der Waals surface area contributed by atoms with Crippen LogP contribution >= 0.6 is 0 Å². The van der Waals surface area contributed by atoms with E-state index in [9.17, 15) is 0 Å². The lowest BCUT2D eigenvalue weighted by atomic mass is 10.1. The molecule has 0 spiro atoms. The van der Waals surface area contributed by atoms with Gasteiger partial charge in [0.1, 0.15) is 5.75 Å². The van der Waals surface area contributed by atoms with Gasteiger partial charge in [-0.1, -0.05) is 18.2 Å². The lowest BCUT2D eigenvalue weighted by Gasteiger charge is -2.14. The predicted octanol–water partition coefficient (Wildman–Crippen LogP) is 1.91. The summed E-state index contributed by atoms with van der Waals surface area (Å²) in [6.07, 6.45) is 3.57. The Morgan fingerprint density at radius 2 is 2.08 bits per heavy atom. The van der Waals surface area contributed by atoms with Crippen LogP contribution in [0.25, 0.3) is 0 Å². The van der Waals surface area contributed by atoms with Gasteiger partial charge in [0.05, 0.1) is 0 Å². The minimum atomic E-state index is 0.953. The maximum Gasteiger partial charge on any atom is 0.150 e. The van der Waals surface area contributed by atoms with E-state index in [4.69, 9.17) is 4.84 Å². The maximum atomic E-state index is 5.38. The van der Waals surface area contributed by atoms with Gasteiger partial charge in [-0.05, 0) is 30.9 Å². The van der Waals surface area contributed by atoms with Crippen LogP contribution in [-0.4, -0.2) is 6.54 Å². The monoisotopic (exact) mass is 163 g/mol. The molecule has 0 saturated heterocycles. The number of benzene rings is 1.